The third-order valence-electron chi connectivity index (χ3n) is 4.96. The fourth-order valence-electron chi connectivity index (χ4n) is 3.49. The van der Waals surface area contributed by atoms with Gasteiger partial charge in [-0.3, -0.25) is 0 Å². The molecule has 148 valence electrons. The van der Waals surface area contributed by atoms with Crippen molar-refractivity contribution in [2.75, 3.05) is 6.54 Å². The van der Waals surface area contributed by atoms with Gasteiger partial charge in [-0.2, -0.15) is 0 Å². The topological polar surface area (TPSA) is 21.3 Å². The number of thiophene rings is 1. The van der Waals surface area contributed by atoms with Crippen LogP contribution in [0.4, 0.5) is 0 Å². The minimum absolute atomic E-state index is 0.203. The van der Waals surface area contributed by atoms with Crippen LogP contribution in [0.2, 0.25) is 0 Å². The number of ether oxygens (including phenoxy) is 1. The van der Waals surface area contributed by atoms with Crippen molar-refractivity contribution in [3.05, 3.63) is 88.1 Å². The van der Waals surface area contributed by atoms with Gasteiger partial charge in [-0.25, -0.2) is 0 Å². The fraction of sp³-hybridized carbons (Fsp3) is 0.360. The van der Waals surface area contributed by atoms with Crippen LogP contribution in [-0.4, -0.2) is 12.6 Å². The van der Waals surface area contributed by atoms with Crippen molar-refractivity contribution in [2.24, 2.45) is 0 Å². The van der Waals surface area contributed by atoms with Crippen molar-refractivity contribution < 1.29 is 4.74 Å². The van der Waals surface area contributed by atoms with E-state index in [2.05, 4.69) is 98.2 Å². The lowest BCUT2D eigenvalue weighted by Crippen LogP contribution is -2.21. The van der Waals surface area contributed by atoms with Crippen LogP contribution in [0, 0.1) is 0 Å². The van der Waals surface area contributed by atoms with Crippen molar-refractivity contribution in [2.45, 2.75) is 51.7 Å². The highest BCUT2D eigenvalue weighted by Gasteiger charge is 2.14. The second kappa shape index (κ2) is 10.4. The number of hydrogen-bond donors (Lipinski definition) is 1. The van der Waals surface area contributed by atoms with Crippen molar-refractivity contribution >= 4 is 11.3 Å². The predicted molar refractivity (Wildman–Crippen MR) is 120 cm³/mol. The molecule has 0 amide bonds. The number of hydrogen-bond acceptors (Lipinski definition) is 3. The quantitative estimate of drug-likeness (QED) is 0.419. The van der Waals surface area contributed by atoms with E-state index >= 15 is 0 Å². The first kappa shape index (κ1) is 20.6. The fourth-order valence-corrected chi connectivity index (χ4v) is 4.25. The molecular weight excluding hydrogens is 362 g/mol. The van der Waals surface area contributed by atoms with Crippen LogP contribution in [-0.2, 0) is 6.42 Å². The smallest absolute Gasteiger partial charge is 0.119 e. The van der Waals surface area contributed by atoms with Crippen molar-refractivity contribution in [3.63, 3.8) is 0 Å². The zero-order valence-corrected chi connectivity index (χ0v) is 17.9. The molecule has 0 radical (unpaired) electrons. The van der Waals surface area contributed by atoms with E-state index in [1.54, 1.807) is 0 Å². The van der Waals surface area contributed by atoms with Crippen LogP contribution in [0.25, 0.3) is 0 Å². The number of rotatable bonds is 10. The molecule has 1 N–H and O–H groups in total. The van der Waals surface area contributed by atoms with Crippen LogP contribution in [0.5, 0.6) is 5.75 Å². The molecule has 0 saturated heterocycles. The lowest BCUT2D eigenvalue weighted by Gasteiger charge is -2.20. The SMILES string of the molecule is CC(C)Oc1ccc([C@@H](CCN[C@@H](C)c2cccs2)Cc2ccccc2)cc1. The van der Waals surface area contributed by atoms with E-state index in [-0.39, 0.29) is 6.10 Å². The molecule has 0 unspecified atom stereocenters. The molecule has 2 atom stereocenters. The summed E-state index contributed by atoms with van der Waals surface area (Å²) in [4.78, 5) is 1.40. The maximum absolute atomic E-state index is 5.81. The third-order valence-corrected chi connectivity index (χ3v) is 6.02. The van der Waals surface area contributed by atoms with E-state index in [9.17, 15) is 0 Å². The van der Waals surface area contributed by atoms with Crippen LogP contribution in [0.15, 0.2) is 72.1 Å². The van der Waals surface area contributed by atoms with Crippen molar-refractivity contribution in [1.29, 1.82) is 0 Å². The summed E-state index contributed by atoms with van der Waals surface area (Å²) in [5, 5.41) is 5.84. The standard InChI is InChI=1S/C25H31NOS/c1-19(2)27-24-13-11-22(12-14-24)23(18-21-8-5-4-6-9-21)15-16-26-20(3)25-10-7-17-28-25/h4-14,17,19-20,23,26H,15-16,18H2,1-3H3/t20-,23-/m0/s1. The van der Waals surface area contributed by atoms with Gasteiger partial charge in [0.15, 0.2) is 0 Å². The summed E-state index contributed by atoms with van der Waals surface area (Å²) in [6.07, 6.45) is 2.36. The molecular formula is C25H31NOS. The molecule has 0 aliphatic heterocycles. The molecule has 0 aliphatic carbocycles. The van der Waals surface area contributed by atoms with Crippen LogP contribution >= 0.6 is 11.3 Å². The molecule has 28 heavy (non-hydrogen) atoms. The Kier molecular flexibility index (Phi) is 7.70. The molecule has 0 aliphatic rings. The molecule has 3 aromatic rings. The lowest BCUT2D eigenvalue weighted by atomic mass is 9.89. The Balaban J connectivity index is 1.66. The minimum atomic E-state index is 0.203. The molecule has 2 nitrogen and oxygen atoms in total. The van der Waals surface area contributed by atoms with Gasteiger partial charge in [-0.15, -0.1) is 11.3 Å². The van der Waals surface area contributed by atoms with Crippen molar-refractivity contribution in [3.8, 4) is 5.75 Å². The Labute approximate surface area is 173 Å². The highest BCUT2D eigenvalue weighted by molar-refractivity contribution is 7.10. The average Bonchev–Trinajstić information content (AvgIpc) is 3.23. The Hall–Kier alpha value is -2.10. The van der Waals surface area contributed by atoms with Crippen LogP contribution in [0.3, 0.4) is 0 Å². The summed E-state index contributed by atoms with van der Waals surface area (Å²) in [7, 11) is 0. The minimum Gasteiger partial charge on any atom is -0.491 e. The van der Waals surface area contributed by atoms with Gasteiger partial charge in [0.2, 0.25) is 0 Å². The second-order valence-corrected chi connectivity index (χ2v) is 8.58. The van der Waals surface area contributed by atoms with E-state index < -0.39 is 0 Å². The van der Waals surface area contributed by atoms with Gasteiger partial charge in [0.1, 0.15) is 5.75 Å². The summed E-state index contributed by atoms with van der Waals surface area (Å²) in [5.74, 6) is 1.43. The Bertz CT molecular complexity index is 796. The zero-order valence-electron chi connectivity index (χ0n) is 17.1. The molecule has 0 bridgehead atoms. The number of nitrogens with one attached hydrogen (secondary N) is 1. The molecule has 1 aromatic heterocycles. The van der Waals surface area contributed by atoms with Gasteiger partial charge in [0, 0.05) is 10.9 Å². The van der Waals surface area contributed by atoms with E-state index in [1.807, 2.05) is 11.3 Å². The van der Waals surface area contributed by atoms with Gasteiger partial charge in [-0.1, -0.05) is 48.5 Å². The van der Waals surface area contributed by atoms with E-state index in [0.29, 0.717) is 12.0 Å². The van der Waals surface area contributed by atoms with Gasteiger partial charge < -0.3 is 10.1 Å². The first-order valence-corrected chi connectivity index (χ1v) is 11.1. The molecule has 0 spiro atoms. The molecule has 0 saturated carbocycles. The summed E-state index contributed by atoms with van der Waals surface area (Å²) >= 11 is 1.82. The average molecular weight is 394 g/mol. The largest absolute Gasteiger partial charge is 0.491 e. The van der Waals surface area contributed by atoms with E-state index in [1.165, 1.54) is 16.0 Å². The molecule has 2 aromatic carbocycles. The highest BCUT2D eigenvalue weighted by Crippen LogP contribution is 2.27. The molecule has 3 rings (SSSR count). The Morgan fingerprint density at radius 3 is 2.29 bits per heavy atom. The van der Waals surface area contributed by atoms with Gasteiger partial charge in [0.05, 0.1) is 6.10 Å². The first-order valence-electron chi connectivity index (χ1n) is 10.2. The van der Waals surface area contributed by atoms with Gasteiger partial charge in [-0.05, 0) is 80.8 Å². The van der Waals surface area contributed by atoms with Crippen LogP contribution < -0.4 is 10.1 Å². The molecule has 0 fully saturated rings. The van der Waals surface area contributed by atoms with Gasteiger partial charge >= 0.3 is 0 Å². The summed E-state index contributed by atoms with van der Waals surface area (Å²) in [5.41, 5.74) is 2.77. The first-order chi connectivity index (χ1) is 13.6. The summed E-state index contributed by atoms with van der Waals surface area (Å²) in [6.45, 7) is 7.37. The normalized spacial score (nSPS) is 13.4. The van der Waals surface area contributed by atoms with Crippen molar-refractivity contribution in [1.82, 2.24) is 5.32 Å². The van der Waals surface area contributed by atoms with E-state index in [0.717, 1.165) is 25.1 Å². The van der Waals surface area contributed by atoms with Gasteiger partial charge in [0.25, 0.3) is 0 Å². The lowest BCUT2D eigenvalue weighted by molar-refractivity contribution is 0.242. The Morgan fingerprint density at radius 1 is 0.893 bits per heavy atom. The summed E-state index contributed by atoms with van der Waals surface area (Å²) < 4.78 is 5.81. The maximum atomic E-state index is 5.81. The second-order valence-electron chi connectivity index (χ2n) is 7.60. The Morgan fingerprint density at radius 2 is 1.64 bits per heavy atom. The molecule has 3 heteroatoms. The third kappa shape index (κ3) is 6.22. The van der Waals surface area contributed by atoms with E-state index in [4.69, 9.17) is 4.74 Å². The molecule has 1 heterocycles. The zero-order chi connectivity index (χ0) is 19.8. The predicted octanol–water partition coefficient (Wildman–Crippen LogP) is 6.60. The monoisotopic (exact) mass is 393 g/mol. The highest BCUT2D eigenvalue weighted by atomic mass is 32.1. The van der Waals surface area contributed by atoms with Crippen LogP contribution in [0.1, 0.15) is 55.2 Å². The summed E-state index contributed by atoms with van der Waals surface area (Å²) in [6, 6.07) is 24.2. The maximum Gasteiger partial charge on any atom is 0.119 e. The number of benzene rings is 2.